The van der Waals surface area contributed by atoms with Gasteiger partial charge in [-0.2, -0.15) is 0 Å². The first-order valence-electron chi connectivity index (χ1n) is 3.65. The van der Waals surface area contributed by atoms with Crippen LogP contribution in [0.3, 0.4) is 0 Å². The Morgan fingerprint density at radius 1 is 1.60 bits per heavy atom. The van der Waals surface area contributed by atoms with E-state index in [1.807, 2.05) is 6.07 Å². The van der Waals surface area contributed by atoms with E-state index in [-0.39, 0.29) is 0 Å². The number of furan rings is 1. The molecule has 0 aliphatic rings. The molecule has 0 radical (unpaired) electrons. The fraction of sp³-hybridized carbons (Fsp3) is 0.500. The van der Waals surface area contributed by atoms with Gasteiger partial charge in [0.15, 0.2) is 0 Å². The van der Waals surface area contributed by atoms with Crippen molar-refractivity contribution in [1.82, 2.24) is 5.32 Å². The van der Waals surface area contributed by atoms with Crippen LogP contribution in [0.4, 0.5) is 0 Å². The molecule has 0 amide bonds. The molecule has 0 aliphatic carbocycles. The Morgan fingerprint density at radius 2 is 2.50 bits per heavy atom. The minimum absolute atomic E-state index is 1.04. The molecule has 2 nitrogen and oxygen atoms in total. The van der Waals surface area contributed by atoms with Gasteiger partial charge in [0.05, 0.1) is 12.5 Å². The molecule has 0 fully saturated rings. The summed E-state index contributed by atoms with van der Waals surface area (Å²) < 4.78 is 4.92. The summed E-state index contributed by atoms with van der Waals surface area (Å²) in [6.45, 7) is 4.18. The van der Waals surface area contributed by atoms with Crippen LogP contribution < -0.4 is 5.32 Å². The number of hydrogen-bond donors (Lipinski definition) is 1. The fourth-order valence-electron chi connectivity index (χ4n) is 0.844. The van der Waals surface area contributed by atoms with E-state index in [1.54, 1.807) is 12.5 Å². The SMILES string of the molecule is CCNCCc1ccoc1. The van der Waals surface area contributed by atoms with Crippen LogP contribution >= 0.6 is 0 Å². The lowest BCUT2D eigenvalue weighted by Crippen LogP contribution is -2.15. The average Bonchev–Trinajstić information content (AvgIpc) is 2.41. The van der Waals surface area contributed by atoms with E-state index in [2.05, 4.69) is 12.2 Å². The molecule has 1 aromatic rings. The molecule has 0 saturated heterocycles. The molecule has 0 aliphatic heterocycles. The highest BCUT2D eigenvalue weighted by atomic mass is 16.3. The molecule has 56 valence electrons. The van der Waals surface area contributed by atoms with Crippen LogP contribution in [0, 0.1) is 0 Å². The van der Waals surface area contributed by atoms with E-state index in [9.17, 15) is 0 Å². The van der Waals surface area contributed by atoms with Gasteiger partial charge in [0.2, 0.25) is 0 Å². The molecule has 10 heavy (non-hydrogen) atoms. The Hall–Kier alpha value is -0.760. The Kier molecular flexibility index (Phi) is 3.03. The van der Waals surface area contributed by atoms with Gasteiger partial charge in [-0.1, -0.05) is 6.92 Å². The minimum Gasteiger partial charge on any atom is -0.472 e. The summed E-state index contributed by atoms with van der Waals surface area (Å²) in [4.78, 5) is 0. The fourth-order valence-corrected chi connectivity index (χ4v) is 0.844. The molecule has 1 N–H and O–H groups in total. The zero-order valence-corrected chi connectivity index (χ0v) is 6.26. The molecular weight excluding hydrogens is 126 g/mol. The summed E-state index contributed by atoms with van der Waals surface area (Å²) in [7, 11) is 0. The molecule has 0 bridgehead atoms. The summed E-state index contributed by atoms with van der Waals surface area (Å²) >= 11 is 0. The summed E-state index contributed by atoms with van der Waals surface area (Å²) in [5.74, 6) is 0. The van der Waals surface area contributed by atoms with Crippen LogP contribution in [-0.4, -0.2) is 13.1 Å². The molecule has 0 unspecified atom stereocenters. The van der Waals surface area contributed by atoms with Crippen molar-refractivity contribution in [1.29, 1.82) is 0 Å². The van der Waals surface area contributed by atoms with E-state index in [1.165, 1.54) is 5.56 Å². The van der Waals surface area contributed by atoms with Crippen molar-refractivity contribution in [3.05, 3.63) is 24.2 Å². The van der Waals surface area contributed by atoms with Crippen LogP contribution in [0.5, 0.6) is 0 Å². The first-order chi connectivity index (χ1) is 4.93. The van der Waals surface area contributed by atoms with Gasteiger partial charge in [-0.3, -0.25) is 0 Å². The van der Waals surface area contributed by atoms with Crippen molar-refractivity contribution < 1.29 is 4.42 Å². The van der Waals surface area contributed by atoms with Crippen LogP contribution in [0.2, 0.25) is 0 Å². The first-order valence-corrected chi connectivity index (χ1v) is 3.65. The highest BCUT2D eigenvalue weighted by molar-refractivity contribution is 5.05. The van der Waals surface area contributed by atoms with Crippen LogP contribution in [0.1, 0.15) is 12.5 Å². The highest BCUT2D eigenvalue weighted by Gasteiger charge is 1.91. The lowest BCUT2D eigenvalue weighted by molar-refractivity contribution is 0.562. The number of nitrogens with one attached hydrogen (secondary N) is 1. The van der Waals surface area contributed by atoms with Gasteiger partial charge in [0, 0.05) is 0 Å². The van der Waals surface area contributed by atoms with Gasteiger partial charge in [-0.05, 0) is 31.1 Å². The zero-order valence-electron chi connectivity index (χ0n) is 6.26. The van der Waals surface area contributed by atoms with E-state index < -0.39 is 0 Å². The molecular formula is C8H13NO. The van der Waals surface area contributed by atoms with Gasteiger partial charge in [0.1, 0.15) is 0 Å². The maximum atomic E-state index is 4.92. The molecule has 0 saturated carbocycles. The third kappa shape index (κ3) is 2.23. The van der Waals surface area contributed by atoms with E-state index in [0.717, 1.165) is 19.5 Å². The monoisotopic (exact) mass is 139 g/mol. The highest BCUT2D eigenvalue weighted by Crippen LogP contribution is 1.98. The van der Waals surface area contributed by atoms with Crippen LogP contribution in [0.25, 0.3) is 0 Å². The van der Waals surface area contributed by atoms with Crippen molar-refractivity contribution in [2.24, 2.45) is 0 Å². The van der Waals surface area contributed by atoms with E-state index >= 15 is 0 Å². The van der Waals surface area contributed by atoms with Crippen molar-refractivity contribution in [3.8, 4) is 0 Å². The summed E-state index contributed by atoms with van der Waals surface area (Å²) in [6, 6.07) is 2.00. The lowest BCUT2D eigenvalue weighted by Gasteiger charge is -1.96. The Labute approximate surface area is 61.2 Å². The first kappa shape index (κ1) is 7.35. The predicted octanol–water partition coefficient (Wildman–Crippen LogP) is 1.43. The third-order valence-electron chi connectivity index (χ3n) is 1.42. The molecule has 1 rings (SSSR count). The lowest BCUT2D eigenvalue weighted by atomic mass is 10.2. The van der Waals surface area contributed by atoms with Crippen LogP contribution in [0.15, 0.2) is 23.0 Å². The van der Waals surface area contributed by atoms with Crippen molar-refractivity contribution in [3.63, 3.8) is 0 Å². The van der Waals surface area contributed by atoms with E-state index in [4.69, 9.17) is 4.42 Å². The summed E-state index contributed by atoms with van der Waals surface area (Å²) in [5.41, 5.74) is 1.26. The largest absolute Gasteiger partial charge is 0.472 e. The Bertz CT molecular complexity index is 158. The Balaban J connectivity index is 2.15. The zero-order chi connectivity index (χ0) is 7.23. The van der Waals surface area contributed by atoms with Crippen LogP contribution in [-0.2, 0) is 6.42 Å². The number of hydrogen-bond acceptors (Lipinski definition) is 2. The molecule has 0 spiro atoms. The van der Waals surface area contributed by atoms with Gasteiger partial charge in [-0.25, -0.2) is 0 Å². The van der Waals surface area contributed by atoms with Gasteiger partial charge in [0.25, 0.3) is 0 Å². The second kappa shape index (κ2) is 4.12. The predicted molar refractivity (Wildman–Crippen MR) is 41.0 cm³/mol. The number of likely N-dealkylation sites (N-methyl/N-ethyl adjacent to an activating group) is 1. The van der Waals surface area contributed by atoms with Gasteiger partial charge in [-0.15, -0.1) is 0 Å². The second-order valence-electron chi connectivity index (χ2n) is 2.24. The average molecular weight is 139 g/mol. The quantitative estimate of drug-likeness (QED) is 0.638. The van der Waals surface area contributed by atoms with Gasteiger partial charge < -0.3 is 9.73 Å². The minimum atomic E-state index is 1.04. The van der Waals surface area contributed by atoms with E-state index in [0.29, 0.717) is 0 Å². The summed E-state index contributed by atoms with van der Waals surface area (Å²) in [5, 5.41) is 3.24. The smallest absolute Gasteiger partial charge is 0.0934 e. The van der Waals surface area contributed by atoms with Crippen molar-refractivity contribution in [2.45, 2.75) is 13.3 Å². The standard InChI is InChI=1S/C8H13NO/c1-2-9-5-3-8-4-6-10-7-8/h4,6-7,9H,2-3,5H2,1H3. The molecule has 1 heterocycles. The molecule has 0 aromatic carbocycles. The Morgan fingerprint density at radius 3 is 3.10 bits per heavy atom. The summed E-state index contributed by atoms with van der Waals surface area (Å²) in [6.07, 6.45) is 4.56. The maximum absolute atomic E-state index is 4.92. The van der Waals surface area contributed by atoms with Crippen molar-refractivity contribution >= 4 is 0 Å². The molecule has 1 aromatic heterocycles. The number of rotatable bonds is 4. The topological polar surface area (TPSA) is 25.2 Å². The van der Waals surface area contributed by atoms with Gasteiger partial charge >= 0.3 is 0 Å². The maximum Gasteiger partial charge on any atom is 0.0934 e. The normalized spacial score (nSPS) is 10.1. The van der Waals surface area contributed by atoms with Crippen molar-refractivity contribution in [2.75, 3.05) is 13.1 Å². The molecule has 2 heteroatoms. The second-order valence-corrected chi connectivity index (χ2v) is 2.24. The third-order valence-corrected chi connectivity index (χ3v) is 1.42. The molecule has 0 atom stereocenters.